The smallest absolute Gasteiger partial charge is 0.253 e. The highest BCUT2D eigenvalue weighted by atomic mass is 35.5. The van der Waals surface area contributed by atoms with Gasteiger partial charge in [-0.15, -0.1) is 0 Å². The SMILES string of the molecule is O=C(c1cccc(CSc2nc(Cl)cc(N3CCN(Cc4ccc5c(c4)OCO5)CC3)n2)c1)N1CCC2(CC1)OCCO2. The van der Waals surface area contributed by atoms with Crippen LogP contribution in [0.2, 0.25) is 5.15 Å². The molecule has 5 heterocycles. The van der Waals surface area contributed by atoms with Crippen LogP contribution >= 0.6 is 23.4 Å². The van der Waals surface area contributed by atoms with Crippen molar-refractivity contribution in [2.24, 2.45) is 0 Å². The number of anilines is 1. The van der Waals surface area contributed by atoms with Crippen LogP contribution in [-0.2, 0) is 21.8 Å². The number of hydrogen-bond acceptors (Lipinski definition) is 10. The molecule has 4 aliphatic heterocycles. The molecule has 3 saturated heterocycles. The summed E-state index contributed by atoms with van der Waals surface area (Å²) in [5, 5.41) is 1.05. The third kappa shape index (κ3) is 6.56. The van der Waals surface area contributed by atoms with E-state index in [0.29, 0.717) is 60.8 Å². The minimum absolute atomic E-state index is 0.0404. The number of carbonyl (C=O) groups is 1. The first kappa shape index (κ1) is 28.7. The van der Waals surface area contributed by atoms with Gasteiger partial charge in [0, 0.05) is 76.0 Å². The number of thioether (sulfide) groups is 1. The monoisotopic (exact) mass is 623 g/mol. The van der Waals surface area contributed by atoms with Crippen molar-refractivity contribution in [1.29, 1.82) is 0 Å². The number of piperidine rings is 1. The Kier molecular flexibility index (Phi) is 8.33. The molecule has 10 nitrogen and oxygen atoms in total. The van der Waals surface area contributed by atoms with Crippen molar-refractivity contribution >= 4 is 35.1 Å². The normalized spacial score (nSPS) is 19.7. The number of rotatable bonds is 7. The number of halogens is 1. The van der Waals surface area contributed by atoms with Crippen molar-refractivity contribution in [3.05, 3.63) is 70.4 Å². The lowest BCUT2D eigenvalue weighted by Gasteiger charge is -2.37. The Labute approximate surface area is 260 Å². The third-order valence-electron chi connectivity index (χ3n) is 8.37. The van der Waals surface area contributed by atoms with Crippen LogP contribution < -0.4 is 14.4 Å². The summed E-state index contributed by atoms with van der Waals surface area (Å²) in [6.07, 6.45) is 1.41. The zero-order valence-corrected chi connectivity index (χ0v) is 25.4. The van der Waals surface area contributed by atoms with Crippen molar-refractivity contribution in [2.75, 3.05) is 64.2 Å². The Morgan fingerprint density at radius 3 is 2.49 bits per heavy atom. The molecule has 0 radical (unpaired) electrons. The van der Waals surface area contributed by atoms with Crippen LogP contribution in [0.3, 0.4) is 0 Å². The molecule has 0 bridgehead atoms. The van der Waals surface area contributed by atoms with E-state index in [1.54, 1.807) is 0 Å². The van der Waals surface area contributed by atoms with Crippen LogP contribution in [0.25, 0.3) is 0 Å². The van der Waals surface area contributed by atoms with Gasteiger partial charge >= 0.3 is 0 Å². The standard InChI is InChI=1S/C31H34ClN5O5S/c32-27-18-28(36-12-10-35(11-13-36)19-22-4-5-25-26(17-22)40-21-39-25)34-30(33-27)43-20-23-2-1-3-24(16-23)29(38)37-8-6-31(7-9-37)41-14-15-42-31/h1-5,16-18H,6-15,19-21H2. The van der Waals surface area contributed by atoms with Crippen molar-refractivity contribution in [3.63, 3.8) is 0 Å². The number of likely N-dealkylation sites (tertiary alicyclic amines) is 1. The number of carbonyl (C=O) groups excluding carboxylic acids is 1. The highest BCUT2D eigenvalue weighted by molar-refractivity contribution is 7.98. The fourth-order valence-corrected chi connectivity index (χ4v) is 7.03. The average molecular weight is 624 g/mol. The largest absolute Gasteiger partial charge is 0.454 e. The van der Waals surface area contributed by atoms with E-state index in [1.165, 1.54) is 17.3 Å². The second kappa shape index (κ2) is 12.5. The van der Waals surface area contributed by atoms with Crippen molar-refractivity contribution in [1.82, 2.24) is 19.8 Å². The predicted molar refractivity (Wildman–Crippen MR) is 163 cm³/mol. The van der Waals surface area contributed by atoms with E-state index in [9.17, 15) is 4.79 Å². The topological polar surface area (TPSA) is 89.5 Å². The maximum atomic E-state index is 13.2. The van der Waals surface area contributed by atoms with E-state index >= 15 is 0 Å². The minimum atomic E-state index is -0.493. The Morgan fingerprint density at radius 1 is 0.884 bits per heavy atom. The molecule has 7 rings (SSSR count). The van der Waals surface area contributed by atoms with Gasteiger partial charge < -0.3 is 28.7 Å². The van der Waals surface area contributed by atoms with E-state index in [1.807, 2.05) is 41.3 Å². The van der Waals surface area contributed by atoms with Crippen LogP contribution in [0.5, 0.6) is 11.5 Å². The summed E-state index contributed by atoms with van der Waals surface area (Å²) in [6.45, 7) is 7.19. The molecule has 1 amide bonds. The van der Waals surface area contributed by atoms with Gasteiger partial charge in [-0.25, -0.2) is 9.97 Å². The Morgan fingerprint density at radius 2 is 1.67 bits per heavy atom. The number of benzene rings is 2. The molecular formula is C31H34ClN5O5S. The predicted octanol–water partition coefficient (Wildman–Crippen LogP) is 4.45. The summed E-state index contributed by atoms with van der Waals surface area (Å²) in [7, 11) is 0. The summed E-state index contributed by atoms with van der Waals surface area (Å²) in [5.41, 5.74) is 2.94. The van der Waals surface area contributed by atoms with Gasteiger partial charge in [-0.3, -0.25) is 9.69 Å². The molecule has 3 fully saturated rings. The highest BCUT2D eigenvalue weighted by Gasteiger charge is 2.40. The zero-order chi connectivity index (χ0) is 29.2. The first-order valence-electron chi connectivity index (χ1n) is 14.7. The molecule has 226 valence electrons. The van der Waals surface area contributed by atoms with Gasteiger partial charge in [-0.05, 0) is 35.4 Å². The number of hydrogen-bond donors (Lipinski definition) is 0. The summed E-state index contributed by atoms with van der Waals surface area (Å²) < 4.78 is 22.6. The van der Waals surface area contributed by atoms with Gasteiger partial charge in [-0.2, -0.15) is 0 Å². The molecule has 0 atom stereocenters. The van der Waals surface area contributed by atoms with Gasteiger partial charge in [-0.1, -0.05) is 41.6 Å². The Bertz CT molecular complexity index is 1470. The molecule has 0 unspecified atom stereocenters. The molecule has 12 heteroatoms. The fourth-order valence-electron chi connectivity index (χ4n) is 6.01. The fraction of sp³-hybridized carbons (Fsp3) is 0.452. The second-order valence-electron chi connectivity index (χ2n) is 11.2. The summed E-state index contributed by atoms with van der Waals surface area (Å²) >= 11 is 7.96. The lowest BCUT2D eigenvalue weighted by Crippen LogP contribution is -2.47. The van der Waals surface area contributed by atoms with Crippen molar-refractivity contribution < 1.29 is 23.7 Å². The minimum Gasteiger partial charge on any atom is -0.454 e. The quantitative estimate of drug-likeness (QED) is 0.214. The van der Waals surface area contributed by atoms with Crippen LogP contribution in [0.15, 0.2) is 53.7 Å². The van der Waals surface area contributed by atoms with E-state index in [0.717, 1.165) is 55.6 Å². The van der Waals surface area contributed by atoms with Gasteiger partial charge in [0.15, 0.2) is 22.4 Å². The van der Waals surface area contributed by atoms with Crippen molar-refractivity contribution in [2.45, 2.75) is 36.1 Å². The molecular weight excluding hydrogens is 590 g/mol. The van der Waals surface area contributed by atoms with Crippen LogP contribution in [-0.4, -0.2) is 90.7 Å². The Balaban J connectivity index is 0.930. The van der Waals surface area contributed by atoms with Crippen molar-refractivity contribution in [3.8, 4) is 11.5 Å². The number of nitrogens with zero attached hydrogens (tertiary/aromatic N) is 5. The molecule has 0 aliphatic carbocycles. The van der Waals surface area contributed by atoms with Gasteiger partial charge in [0.2, 0.25) is 6.79 Å². The lowest BCUT2D eigenvalue weighted by molar-refractivity contribution is -0.181. The van der Waals surface area contributed by atoms with Crippen LogP contribution in [0.4, 0.5) is 5.82 Å². The zero-order valence-electron chi connectivity index (χ0n) is 23.9. The Hall–Kier alpha value is -3.09. The third-order valence-corrected chi connectivity index (χ3v) is 9.48. The number of ether oxygens (including phenoxy) is 4. The maximum absolute atomic E-state index is 13.2. The summed E-state index contributed by atoms with van der Waals surface area (Å²) in [6, 6.07) is 15.8. The molecule has 4 aliphatic rings. The van der Waals surface area contributed by atoms with Gasteiger partial charge in [0.1, 0.15) is 11.0 Å². The highest BCUT2D eigenvalue weighted by Crippen LogP contribution is 2.34. The molecule has 1 spiro atoms. The first-order chi connectivity index (χ1) is 21.0. The van der Waals surface area contributed by atoms with Gasteiger partial charge in [0.05, 0.1) is 13.2 Å². The van der Waals surface area contributed by atoms with Gasteiger partial charge in [0.25, 0.3) is 5.91 Å². The molecule has 43 heavy (non-hydrogen) atoms. The number of amides is 1. The van der Waals surface area contributed by atoms with E-state index < -0.39 is 5.79 Å². The van der Waals surface area contributed by atoms with E-state index in [2.05, 4.69) is 26.9 Å². The molecule has 0 N–H and O–H groups in total. The number of aromatic nitrogens is 2. The molecule has 1 aromatic heterocycles. The summed E-state index contributed by atoms with van der Waals surface area (Å²) in [4.78, 5) is 29.1. The number of fused-ring (bicyclic) bond motifs is 1. The molecule has 0 saturated carbocycles. The lowest BCUT2D eigenvalue weighted by atomic mass is 10.0. The first-order valence-corrected chi connectivity index (χ1v) is 16.1. The average Bonchev–Trinajstić information content (AvgIpc) is 3.70. The van der Waals surface area contributed by atoms with Crippen LogP contribution in [0.1, 0.15) is 34.3 Å². The molecule has 2 aromatic carbocycles. The second-order valence-corrected chi connectivity index (χ2v) is 12.5. The molecule has 3 aromatic rings. The van der Waals surface area contributed by atoms with E-state index in [-0.39, 0.29) is 12.7 Å². The number of piperazine rings is 1. The van der Waals surface area contributed by atoms with Crippen LogP contribution in [0, 0.1) is 0 Å². The maximum Gasteiger partial charge on any atom is 0.253 e. The van der Waals surface area contributed by atoms with E-state index in [4.69, 9.17) is 35.5 Å². The summed E-state index contributed by atoms with van der Waals surface area (Å²) in [5.74, 6) is 2.65.